The highest BCUT2D eigenvalue weighted by molar-refractivity contribution is 5.89. The minimum Gasteiger partial charge on any atom is -0.354 e. The van der Waals surface area contributed by atoms with E-state index in [0.29, 0.717) is 18.5 Å². The normalized spacial score (nSPS) is 11.7. The standard InChI is InChI=1S/C29H33N3O4/c1-21(2)19-30-29(34)27(17-23-9-5-4-6-10-23)31(20-24-15-13-22(3)14-16-24)28(33)18-25-11-7-8-12-26(25)32(35)36/h4-16,21,27H,17-20H2,1-3H3,(H,30,34)/t27-/m0/s1. The number of hydrogen-bond donors (Lipinski definition) is 1. The molecule has 0 aliphatic carbocycles. The first-order valence-electron chi connectivity index (χ1n) is 12.1. The Morgan fingerprint density at radius 3 is 2.19 bits per heavy atom. The van der Waals surface area contributed by atoms with E-state index in [9.17, 15) is 19.7 Å². The van der Waals surface area contributed by atoms with Crippen LogP contribution in [0.2, 0.25) is 0 Å². The number of benzene rings is 3. The maximum atomic E-state index is 13.8. The average molecular weight is 488 g/mol. The minimum atomic E-state index is -0.775. The van der Waals surface area contributed by atoms with Gasteiger partial charge in [0.15, 0.2) is 0 Å². The lowest BCUT2D eigenvalue weighted by molar-refractivity contribution is -0.385. The summed E-state index contributed by atoms with van der Waals surface area (Å²) in [5.41, 5.74) is 3.11. The number of hydrogen-bond acceptors (Lipinski definition) is 4. The predicted octanol–water partition coefficient (Wildman–Crippen LogP) is 4.86. The Bertz CT molecular complexity index is 1180. The van der Waals surface area contributed by atoms with Crippen LogP contribution in [0.1, 0.15) is 36.1 Å². The third-order valence-electron chi connectivity index (χ3n) is 5.96. The number of carbonyl (C=O) groups is 2. The monoisotopic (exact) mass is 487 g/mol. The molecule has 3 aromatic rings. The molecule has 3 rings (SSSR count). The molecule has 0 spiro atoms. The molecule has 0 aliphatic heterocycles. The zero-order valence-corrected chi connectivity index (χ0v) is 21.0. The van der Waals surface area contributed by atoms with E-state index < -0.39 is 11.0 Å². The smallest absolute Gasteiger partial charge is 0.273 e. The first kappa shape index (κ1) is 26.6. The molecule has 0 bridgehead atoms. The van der Waals surface area contributed by atoms with Crippen LogP contribution >= 0.6 is 0 Å². The molecule has 0 radical (unpaired) electrons. The molecule has 3 aromatic carbocycles. The summed E-state index contributed by atoms with van der Waals surface area (Å²) in [7, 11) is 0. The van der Waals surface area contributed by atoms with E-state index in [2.05, 4.69) is 5.32 Å². The Hall–Kier alpha value is -4.00. The fourth-order valence-corrected chi connectivity index (χ4v) is 3.97. The number of amides is 2. The molecular formula is C29H33N3O4. The van der Waals surface area contributed by atoms with E-state index in [-0.39, 0.29) is 36.4 Å². The quantitative estimate of drug-likeness (QED) is 0.309. The van der Waals surface area contributed by atoms with Crippen LogP contribution in [-0.4, -0.2) is 34.2 Å². The summed E-state index contributed by atoms with van der Waals surface area (Å²) in [5.74, 6) is -0.333. The summed E-state index contributed by atoms with van der Waals surface area (Å²) >= 11 is 0. The highest BCUT2D eigenvalue weighted by atomic mass is 16.6. The second kappa shape index (κ2) is 12.6. The SMILES string of the molecule is Cc1ccc(CN(C(=O)Cc2ccccc2[N+](=O)[O-])[C@@H](Cc2ccccc2)C(=O)NCC(C)C)cc1. The van der Waals surface area contributed by atoms with Crippen molar-refractivity contribution in [2.24, 2.45) is 5.92 Å². The minimum absolute atomic E-state index is 0.106. The molecule has 0 aliphatic rings. The number of rotatable bonds is 11. The molecule has 0 heterocycles. The summed E-state index contributed by atoms with van der Waals surface area (Å²) < 4.78 is 0. The van der Waals surface area contributed by atoms with Gasteiger partial charge in [-0.25, -0.2) is 0 Å². The largest absolute Gasteiger partial charge is 0.354 e. The highest BCUT2D eigenvalue weighted by Gasteiger charge is 2.31. The van der Waals surface area contributed by atoms with Crippen molar-refractivity contribution in [1.82, 2.24) is 10.2 Å². The first-order valence-corrected chi connectivity index (χ1v) is 12.1. The Morgan fingerprint density at radius 2 is 1.56 bits per heavy atom. The molecule has 0 fully saturated rings. The van der Waals surface area contributed by atoms with Crippen LogP contribution in [0.15, 0.2) is 78.9 Å². The van der Waals surface area contributed by atoms with Crippen LogP contribution < -0.4 is 5.32 Å². The molecule has 188 valence electrons. The van der Waals surface area contributed by atoms with Crippen molar-refractivity contribution in [2.75, 3.05) is 6.54 Å². The van der Waals surface area contributed by atoms with E-state index in [0.717, 1.165) is 16.7 Å². The topological polar surface area (TPSA) is 92.6 Å². The van der Waals surface area contributed by atoms with Gasteiger partial charge >= 0.3 is 0 Å². The Kier molecular flexibility index (Phi) is 9.33. The Morgan fingerprint density at radius 1 is 0.917 bits per heavy atom. The lowest BCUT2D eigenvalue weighted by Crippen LogP contribution is -2.51. The molecule has 36 heavy (non-hydrogen) atoms. The van der Waals surface area contributed by atoms with Gasteiger partial charge in [0, 0.05) is 31.1 Å². The highest BCUT2D eigenvalue weighted by Crippen LogP contribution is 2.22. The van der Waals surface area contributed by atoms with Crippen molar-refractivity contribution in [3.05, 3.63) is 111 Å². The lowest BCUT2D eigenvalue weighted by atomic mass is 10.0. The zero-order valence-electron chi connectivity index (χ0n) is 21.0. The molecule has 2 amide bonds. The third-order valence-corrected chi connectivity index (χ3v) is 5.96. The van der Waals surface area contributed by atoms with Gasteiger partial charge in [0.1, 0.15) is 6.04 Å². The fourth-order valence-electron chi connectivity index (χ4n) is 3.97. The lowest BCUT2D eigenvalue weighted by Gasteiger charge is -2.32. The summed E-state index contributed by atoms with van der Waals surface area (Å²) in [4.78, 5) is 39.8. The van der Waals surface area contributed by atoms with E-state index in [1.807, 2.05) is 75.4 Å². The van der Waals surface area contributed by atoms with E-state index in [1.54, 1.807) is 23.1 Å². The van der Waals surface area contributed by atoms with Gasteiger partial charge in [-0.1, -0.05) is 92.2 Å². The van der Waals surface area contributed by atoms with Crippen LogP contribution in [0.4, 0.5) is 5.69 Å². The van der Waals surface area contributed by atoms with Gasteiger partial charge in [0.05, 0.1) is 11.3 Å². The predicted molar refractivity (Wildman–Crippen MR) is 140 cm³/mol. The Balaban J connectivity index is 1.99. The van der Waals surface area contributed by atoms with Gasteiger partial charge in [-0.2, -0.15) is 0 Å². The number of para-hydroxylation sites is 1. The van der Waals surface area contributed by atoms with Crippen LogP contribution in [0.25, 0.3) is 0 Å². The van der Waals surface area contributed by atoms with E-state index >= 15 is 0 Å². The molecule has 0 saturated carbocycles. The number of nitro groups is 1. The first-order chi connectivity index (χ1) is 17.2. The third kappa shape index (κ3) is 7.50. The second-order valence-electron chi connectivity index (χ2n) is 9.41. The van der Waals surface area contributed by atoms with Gasteiger partial charge in [-0.15, -0.1) is 0 Å². The summed E-state index contributed by atoms with van der Waals surface area (Å²) in [5, 5.41) is 14.5. The second-order valence-corrected chi connectivity index (χ2v) is 9.41. The molecule has 7 heteroatoms. The van der Waals surface area contributed by atoms with Gasteiger partial charge in [-0.3, -0.25) is 19.7 Å². The van der Waals surface area contributed by atoms with E-state index in [1.165, 1.54) is 6.07 Å². The van der Waals surface area contributed by atoms with Crippen molar-refractivity contribution in [3.63, 3.8) is 0 Å². The van der Waals surface area contributed by atoms with Crippen LogP contribution in [0, 0.1) is 23.0 Å². The number of nitrogens with one attached hydrogen (secondary N) is 1. The van der Waals surface area contributed by atoms with Gasteiger partial charge in [0.2, 0.25) is 11.8 Å². The van der Waals surface area contributed by atoms with Crippen molar-refractivity contribution in [2.45, 2.75) is 46.2 Å². The fraction of sp³-hybridized carbons (Fsp3) is 0.310. The summed E-state index contributed by atoms with van der Waals surface area (Å²) in [6.45, 7) is 6.71. The van der Waals surface area contributed by atoms with E-state index in [4.69, 9.17) is 0 Å². The Labute approximate surface area is 212 Å². The number of nitrogens with zero attached hydrogens (tertiary/aromatic N) is 2. The van der Waals surface area contributed by atoms with Crippen LogP contribution in [-0.2, 0) is 29.0 Å². The van der Waals surface area contributed by atoms with Gasteiger partial charge in [0.25, 0.3) is 5.69 Å². The van der Waals surface area contributed by atoms with Crippen molar-refractivity contribution >= 4 is 17.5 Å². The molecule has 1 N–H and O–H groups in total. The molecular weight excluding hydrogens is 454 g/mol. The molecule has 0 unspecified atom stereocenters. The number of carbonyl (C=O) groups excluding carboxylic acids is 2. The average Bonchev–Trinajstić information content (AvgIpc) is 2.86. The maximum Gasteiger partial charge on any atom is 0.273 e. The maximum absolute atomic E-state index is 13.8. The molecule has 7 nitrogen and oxygen atoms in total. The van der Waals surface area contributed by atoms with Gasteiger partial charge in [-0.05, 0) is 24.0 Å². The van der Waals surface area contributed by atoms with Gasteiger partial charge < -0.3 is 10.2 Å². The summed E-state index contributed by atoms with van der Waals surface area (Å²) in [6, 6.07) is 22.8. The zero-order chi connectivity index (χ0) is 26.1. The number of nitro benzene ring substituents is 1. The molecule has 0 saturated heterocycles. The van der Waals surface area contributed by atoms with Crippen LogP contribution in [0.5, 0.6) is 0 Å². The number of aryl methyl sites for hydroxylation is 1. The van der Waals surface area contributed by atoms with Crippen molar-refractivity contribution in [1.29, 1.82) is 0 Å². The summed E-state index contributed by atoms with van der Waals surface area (Å²) in [6.07, 6.45) is 0.158. The molecule has 0 aromatic heterocycles. The molecule has 1 atom stereocenters. The van der Waals surface area contributed by atoms with Crippen molar-refractivity contribution < 1.29 is 14.5 Å². The van der Waals surface area contributed by atoms with Crippen LogP contribution in [0.3, 0.4) is 0 Å². The van der Waals surface area contributed by atoms with Crippen molar-refractivity contribution in [3.8, 4) is 0 Å².